The number of hydrogen-bond donors (Lipinski definition) is 4. The van der Waals surface area contributed by atoms with Crippen LogP contribution in [0.15, 0.2) is 0 Å². The van der Waals surface area contributed by atoms with E-state index in [0.717, 1.165) is 25.7 Å². The van der Waals surface area contributed by atoms with E-state index in [1.54, 1.807) is 0 Å². The van der Waals surface area contributed by atoms with Crippen LogP contribution in [0.5, 0.6) is 0 Å². The van der Waals surface area contributed by atoms with Gasteiger partial charge in [0.05, 0.1) is 43.9 Å². The van der Waals surface area contributed by atoms with Crippen LogP contribution < -0.4 is 10.6 Å². The molecule has 4 N–H and O–H groups in total. The molecule has 0 aromatic carbocycles. The quantitative estimate of drug-likeness (QED) is 0.119. The second-order valence-corrected chi connectivity index (χ2v) is 9.57. The average molecular weight is 489 g/mol. The Bertz CT molecular complexity index is 511. The standard InChI is InChI=1S/2C8H19NO4S.Ca/c2*1-2-3-4-8(10)7-9-5-6-14(11,12)13;/h2*8-10H,2-7H2,1H3,(H,11,12,13);/q;;+2/p-2. The number of aliphatic hydroxyl groups excluding tert-OH is 2. The summed E-state index contributed by atoms with van der Waals surface area (Å²) in [6, 6.07) is 0. The van der Waals surface area contributed by atoms with E-state index in [9.17, 15) is 36.2 Å². The van der Waals surface area contributed by atoms with Crippen molar-refractivity contribution in [2.75, 3.05) is 37.7 Å². The van der Waals surface area contributed by atoms with Gasteiger partial charge in [0.1, 0.15) is 0 Å². The van der Waals surface area contributed by atoms with Crippen molar-refractivity contribution in [3.05, 3.63) is 0 Å². The molecule has 0 rings (SSSR count). The fourth-order valence-electron chi connectivity index (χ4n) is 2.02. The maximum absolute atomic E-state index is 10.2. The van der Waals surface area contributed by atoms with Gasteiger partial charge in [-0.3, -0.25) is 0 Å². The monoisotopic (exact) mass is 488 g/mol. The molecular weight excluding hydrogens is 452 g/mol. The molecule has 0 saturated heterocycles. The first-order valence-electron chi connectivity index (χ1n) is 9.56. The molecule has 172 valence electrons. The SMILES string of the molecule is CCCCC(O)CNCCS(=O)(=O)[O-].CCCCC(O)CNCCS(=O)(=O)[O-].[Ca+2]. The van der Waals surface area contributed by atoms with Gasteiger partial charge >= 0.3 is 37.7 Å². The third kappa shape index (κ3) is 33.7. The topological polar surface area (TPSA) is 179 Å². The third-order valence-corrected chi connectivity index (χ3v) is 5.01. The summed E-state index contributed by atoms with van der Waals surface area (Å²) in [5.74, 6) is -0.846. The molecule has 10 nitrogen and oxygen atoms in total. The second-order valence-electron chi connectivity index (χ2n) is 6.52. The van der Waals surface area contributed by atoms with Crippen molar-refractivity contribution in [3.63, 3.8) is 0 Å². The molecule has 0 heterocycles. The first-order chi connectivity index (χ1) is 12.9. The predicted octanol–water partition coefficient (Wildman–Crippen LogP) is -1.04. The van der Waals surface area contributed by atoms with Crippen molar-refractivity contribution >= 4 is 58.0 Å². The van der Waals surface area contributed by atoms with Crippen LogP contribution in [0.1, 0.15) is 52.4 Å². The predicted molar refractivity (Wildman–Crippen MR) is 112 cm³/mol. The molecule has 2 atom stereocenters. The van der Waals surface area contributed by atoms with Crippen LogP contribution in [0.4, 0.5) is 0 Å². The van der Waals surface area contributed by atoms with E-state index in [4.69, 9.17) is 0 Å². The van der Waals surface area contributed by atoms with E-state index in [2.05, 4.69) is 10.6 Å². The average Bonchev–Trinajstić information content (AvgIpc) is 2.58. The minimum atomic E-state index is -4.13. The van der Waals surface area contributed by atoms with Crippen LogP contribution in [0, 0.1) is 0 Å². The summed E-state index contributed by atoms with van der Waals surface area (Å²) in [4.78, 5) is 0. The van der Waals surface area contributed by atoms with Crippen molar-refractivity contribution in [2.24, 2.45) is 0 Å². The summed E-state index contributed by atoms with van der Waals surface area (Å²) in [5.41, 5.74) is 0. The van der Waals surface area contributed by atoms with Gasteiger partial charge in [0.25, 0.3) is 0 Å². The van der Waals surface area contributed by atoms with Gasteiger partial charge in [-0.2, -0.15) is 0 Å². The van der Waals surface area contributed by atoms with Crippen LogP contribution >= 0.6 is 0 Å². The second kappa shape index (κ2) is 20.8. The molecule has 0 saturated carbocycles. The van der Waals surface area contributed by atoms with Gasteiger partial charge in [-0.1, -0.05) is 39.5 Å². The number of aliphatic hydroxyl groups is 2. The Hall–Kier alpha value is 0.920. The number of unbranched alkanes of at least 4 members (excludes halogenated alkanes) is 2. The zero-order valence-electron chi connectivity index (χ0n) is 17.5. The Labute approximate surface area is 205 Å². The molecule has 0 bridgehead atoms. The Morgan fingerprint density at radius 1 is 0.759 bits per heavy atom. The molecule has 0 amide bonds. The minimum Gasteiger partial charge on any atom is -0.748 e. The van der Waals surface area contributed by atoms with E-state index < -0.39 is 43.9 Å². The summed E-state index contributed by atoms with van der Waals surface area (Å²) in [6.45, 7) is 4.96. The molecule has 13 heteroatoms. The summed E-state index contributed by atoms with van der Waals surface area (Å²) < 4.78 is 61.1. The van der Waals surface area contributed by atoms with Gasteiger partial charge in [0.2, 0.25) is 0 Å². The van der Waals surface area contributed by atoms with Gasteiger partial charge in [0, 0.05) is 26.2 Å². The maximum Gasteiger partial charge on any atom is 2.00 e. The van der Waals surface area contributed by atoms with Crippen LogP contribution in [0.3, 0.4) is 0 Å². The summed E-state index contributed by atoms with van der Waals surface area (Å²) in [7, 11) is -8.27. The molecule has 0 aromatic rings. The Kier molecular flexibility index (Phi) is 24.8. The Balaban J connectivity index is -0.000000451. The molecule has 0 aliphatic carbocycles. The molecule has 0 radical (unpaired) electrons. The van der Waals surface area contributed by atoms with Crippen molar-refractivity contribution in [1.82, 2.24) is 10.6 Å². The van der Waals surface area contributed by atoms with Gasteiger partial charge < -0.3 is 30.0 Å². The van der Waals surface area contributed by atoms with E-state index >= 15 is 0 Å². The van der Waals surface area contributed by atoms with Crippen LogP contribution in [0.25, 0.3) is 0 Å². The summed E-state index contributed by atoms with van der Waals surface area (Å²) in [6.07, 6.45) is 4.43. The van der Waals surface area contributed by atoms with Crippen molar-refractivity contribution in [1.29, 1.82) is 0 Å². The van der Waals surface area contributed by atoms with Crippen LogP contribution in [0.2, 0.25) is 0 Å². The normalized spacial score (nSPS) is 13.7. The van der Waals surface area contributed by atoms with Gasteiger partial charge in [0.15, 0.2) is 0 Å². The van der Waals surface area contributed by atoms with E-state index in [1.807, 2.05) is 13.8 Å². The van der Waals surface area contributed by atoms with E-state index in [-0.39, 0.29) is 50.8 Å². The number of rotatable bonds is 16. The Morgan fingerprint density at radius 2 is 1.07 bits per heavy atom. The van der Waals surface area contributed by atoms with Crippen LogP contribution in [-0.2, 0) is 20.2 Å². The molecule has 0 spiro atoms. The smallest absolute Gasteiger partial charge is 0.748 e. The summed E-state index contributed by atoms with van der Waals surface area (Å²) >= 11 is 0. The zero-order valence-corrected chi connectivity index (χ0v) is 21.3. The number of hydrogen-bond acceptors (Lipinski definition) is 10. The molecule has 0 aliphatic heterocycles. The minimum absolute atomic E-state index is 0. The maximum atomic E-state index is 10.2. The molecule has 0 aliphatic rings. The molecule has 0 aromatic heterocycles. The van der Waals surface area contributed by atoms with Gasteiger partial charge in [-0.15, -0.1) is 0 Å². The fourth-order valence-corrected chi connectivity index (χ4v) is 2.80. The number of nitrogens with one attached hydrogen (secondary N) is 2. The van der Waals surface area contributed by atoms with Gasteiger partial charge in [-0.05, 0) is 12.8 Å². The first kappa shape index (κ1) is 34.5. The van der Waals surface area contributed by atoms with Crippen molar-refractivity contribution in [2.45, 2.75) is 64.6 Å². The van der Waals surface area contributed by atoms with Gasteiger partial charge in [-0.25, -0.2) is 16.8 Å². The largest absolute Gasteiger partial charge is 2.00 e. The first-order valence-corrected chi connectivity index (χ1v) is 12.7. The Morgan fingerprint density at radius 3 is 1.31 bits per heavy atom. The summed E-state index contributed by atoms with van der Waals surface area (Å²) in [5, 5.41) is 24.1. The zero-order chi connectivity index (χ0) is 22.1. The van der Waals surface area contributed by atoms with E-state index in [0.29, 0.717) is 25.9 Å². The molecule has 0 fully saturated rings. The molecule has 2 unspecified atom stereocenters. The molecule has 29 heavy (non-hydrogen) atoms. The third-order valence-electron chi connectivity index (χ3n) is 3.60. The van der Waals surface area contributed by atoms with Crippen molar-refractivity contribution < 1.29 is 36.2 Å². The van der Waals surface area contributed by atoms with Crippen LogP contribution in [-0.4, -0.2) is 124 Å². The van der Waals surface area contributed by atoms with Crippen molar-refractivity contribution in [3.8, 4) is 0 Å². The van der Waals surface area contributed by atoms with E-state index in [1.165, 1.54) is 0 Å². The fraction of sp³-hybridized carbons (Fsp3) is 1.00. The molecular formula is C16H36CaN2O8S2.